The van der Waals surface area contributed by atoms with E-state index in [1.165, 1.54) is 19.9 Å². The number of amides is 1. The van der Waals surface area contributed by atoms with Crippen molar-refractivity contribution in [1.82, 2.24) is 10.6 Å². The zero-order valence-electron chi connectivity index (χ0n) is 14.3. The average Bonchev–Trinajstić information content (AvgIpc) is 3.08. The molecule has 0 aromatic heterocycles. The molecule has 3 nitrogen and oxygen atoms in total. The molecule has 1 aliphatic carbocycles. The van der Waals surface area contributed by atoms with Crippen molar-refractivity contribution in [3.05, 3.63) is 34.9 Å². The minimum Gasteiger partial charge on any atom is -0.345 e. The molecule has 7 heteroatoms. The lowest BCUT2D eigenvalue weighted by atomic mass is 9.91. The van der Waals surface area contributed by atoms with Crippen molar-refractivity contribution in [3.8, 4) is 0 Å². The maximum absolute atomic E-state index is 14.3. The average molecular weight is 358 g/mol. The van der Waals surface area contributed by atoms with Gasteiger partial charge in [0.2, 0.25) is 5.91 Å². The molecule has 3 rings (SSSR count). The van der Waals surface area contributed by atoms with Gasteiger partial charge in [-0.15, -0.1) is 0 Å². The monoisotopic (exact) mass is 358 g/mol. The quantitative estimate of drug-likeness (QED) is 0.805. The summed E-state index contributed by atoms with van der Waals surface area (Å²) in [6.45, 7) is 3.22. The van der Waals surface area contributed by atoms with E-state index in [1.54, 1.807) is 0 Å². The molecular weight excluding hydrogens is 336 g/mol. The molecular formula is C18H22F4N2O. The molecule has 1 aromatic carbocycles. The van der Waals surface area contributed by atoms with E-state index in [1.807, 2.05) is 0 Å². The number of halogens is 4. The molecule has 2 fully saturated rings. The molecule has 1 amide bonds. The van der Waals surface area contributed by atoms with Gasteiger partial charge >= 0.3 is 6.18 Å². The van der Waals surface area contributed by atoms with Gasteiger partial charge in [-0.25, -0.2) is 4.39 Å². The van der Waals surface area contributed by atoms with E-state index >= 15 is 0 Å². The van der Waals surface area contributed by atoms with Gasteiger partial charge < -0.3 is 10.6 Å². The highest BCUT2D eigenvalue weighted by Gasteiger charge is 2.48. The number of hydrogen-bond acceptors (Lipinski definition) is 2. The molecule has 0 bridgehead atoms. The first-order chi connectivity index (χ1) is 11.5. The van der Waals surface area contributed by atoms with Crippen molar-refractivity contribution < 1.29 is 22.4 Å². The van der Waals surface area contributed by atoms with Crippen molar-refractivity contribution in [2.75, 3.05) is 6.54 Å². The summed E-state index contributed by atoms with van der Waals surface area (Å²) in [5.41, 5.74) is -3.30. The molecule has 1 aromatic rings. The first-order valence-electron chi connectivity index (χ1n) is 8.49. The molecule has 1 saturated heterocycles. The van der Waals surface area contributed by atoms with Crippen molar-refractivity contribution in [2.45, 2.75) is 63.0 Å². The smallest absolute Gasteiger partial charge is 0.345 e. The van der Waals surface area contributed by atoms with Crippen molar-refractivity contribution in [1.29, 1.82) is 0 Å². The number of alkyl halides is 4. The van der Waals surface area contributed by atoms with Crippen LogP contribution in [0.25, 0.3) is 0 Å². The van der Waals surface area contributed by atoms with Crippen LogP contribution in [0.2, 0.25) is 0 Å². The number of carbonyl (C=O) groups is 1. The van der Waals surface area contributed by atoms with E-state index in [9.17, 15) is 22.4 Å². The van der Waals surface area contributed by atoms with Crippen LogP contribution in [0.1, 0.15) is 56.2 Å². The highest BCUT2D eigenvalue weighted by Crippen LogP contribution is 2.48. The fraction of sp³-hybridized carbons (Fsp3) is 0.611. The summed E-state index contributed by atoms with van der Waals surface area (Å²) in [4.78, 5) is 12.4. The maximum atomic E-state index is 14.3. The number of benzene rings is 1. The van der Waals surface area contributed by atoms with E-state index in [-0.39, 0.29) is 17.5 Å². The zero-order chi connectivity index (χ0) is 18.5. The predicted octanol–water partition coefficient (Wildman–Crippen LogP) is 3.77. The molecule has 2 aliphatic rings. The SMILES string of the molecule is CC(C)(F)c1cc(C(F)(F)F)cc(C2(NC(=O)[C@H]3CCCN3)CC2)c1. The Morgan fingerprint density at radius 1 is 1.16 bits per heavy atom. The van der Waals surface area contributed by atoms with Gasteiger partial charge in [0.1, 0.15) is 5.67 Å². The molecule has 25 heavy (non-hydrogen) atoms. The number of hydrogen-bond donors (Lipinski definition) is 2. The predicted molar refractivity (Wildman–Crippen MR) is 85.7 cm³/mol. The highest BCUT2D eigenvalue weighted by atomic mass is 19.4. The zero-order valence-corrected chi connectivity index (χ0v) is 14.3. The Bertz CT molecular complexity index is 636. The van der Waals surface area contributed by atoms with Crippen LogP contribution in [0.5, 0.6) is 0 Å². The normalized spacial score (nSPS) is 22.7. The lowest BCUT2D eigenvalue weighted by Gasteiger charge is -2.24. The van der Waals surface area contributed by atoms with Crippen LogP contribution in [-0.4, -0.2) is 18.5 Å². The molecule has 2 N–H and O–H groups in total. The Morgan fingerprint density at radius 2 is 1.80 bits per heavy atom. The van der Waals surface area contributed by atoms with Gasteiger partial charge in [-0.2, -0.15) is 13.2 Å². The van der Waals surface area contributed by atoms with E-state index < -0.39 is 22.9 Å². The molecule has 0 radical (unpaired) electrons. The number of nitrogens with one attached hydrogen (secondary N) is 2. The van der Waals surface area contributed by atoms with Crippen LogP contribution in [0, 0.1) is 0 Å². The highest BCUT2D eigenvalue weighted by molar-refractivity contribution is 5.83. The second-order valence-corrected chi connectivity index (χ2v) is 7.49. The molecule has 1 aliphatic heterocycles. The van der Waals surface area contributed by atoms with Gasteiger partial charge in [-0.1, -0.05) is 6.07 Å². The first kappa shape index (κ1) is 18.2. The van der Waals surface area contributed by atoms with Crippen LogP contribution >= 0.6 is 0 Å². The summed E-state index contributed by atoms with van der Waals surface area (Å²) in [5, 5.41) is 5.97. The van der Waals surface area contributed by atoms with Crippen LogP contribution in [0.4, 0.5) is 17.6 Å². The van der Waals surface area contributed by atoms with Crippen LogP contribution in [0.3, 0.4) is 0 Å². The van der Waals surface area contributed by atoms with Crippen molar-refractivity contribution in [2.24, 2.45) is 0 Å². The summed E-state index contributed by atoms with van der Waals surface area (Å²) in [6, 6.07) is 3.02. The summed E-state index contributed by atoms with van der Waals surface area (Å²) in [6.07, 6.45) is -1.84. The van der Waals surface area contributed by atoms with Crippen LogP contribution in [-0.2, 0) is 22.2 Å². The van der Waals surface area contributed by atoms with Gasteiger partial charge in [0.15, 0.2) is 0 Å². The van der Waals surface area contributed by atoms with E-state index in [0.717, 1.165) is 25.1 Å². The molecule has 138 valence electrons. The lowest BCUT2D eigenvalue weighted by molar-refractivity contribution is -0.137. The fourth-order valence-corrected chi connectivity index (χ4v) is 3.25. The topological polar surface area (TPSA) is 41.1 Å². The number of carbonyl (C=O) groups excluding carboxylic acids is 1. The molecule has 1 atom stereocenters. The second kappa shape index (κ2) is 5.97. The second-order valence-electron chi connectivity index (χ2n) is 7.49. The Kier molecular flexibility index (Phi) is 4.34. The molecule has 0 spiro atoms. The summed E-state index contributed by atoms with van der Waals surface area (Å²) in [5.74, 6) is -0.200. The third-order valence-electron chi connectivity index (χ3n) is 4.99. The summed E-state index contributed by atoms with van der Waals surface area (Å²) in [7, 11) is 0. The summed E-state index contributed by atoms with van der Waals surface area (Å²) < 4.78 is 54.0. The molecule has 1 saturated carbocycles. The molecule has 1 heterocycles. The van der Waals surface area contributed by atoms with E-state index in [0.29, 0.717) is 24.8 Å². The Balaban J connectivity index is 1.93. The Hall–Kier alpha value is -1.63. The van der Waals surface area contributed by atoms with Crippen LogP contribution < -0.4 is 10.6 Å². The molecule has 0 unspecified atom stereocenters. The standard InChI is InChI=1S/C18H22F4N2O/c1-16(2,19)11-8-12(10-13(9-11)18(20,21)22)17(5-6-17)24-15(25)14-4-3-7-23-14/h8-10,14,23H,3-7H2,1-2H3,(H,24,25)/t14-/m1/s1. The van der Waals surface area contributed by atoms with Crippen molar-refractivity contribution >= 4 is 5.91 Å². The van der Waals surface area contributed by atoms with Gasteiger partial charge in [-0.3, -0.25) is 4.79 Å². The maximum Gasteiger partial charge on any atom is 0.416 e. The third kappa shape index (κ3) is 3.81. The number of rotatable bonds is 4. The summed E-state index contributed by atoms with van der Waals surface area (Å²) >= 11 is 0. The van der Waals surface area contributed by atoms with Gasteiger partial charge in [0.25, 0.3) is 0 Å². The van der Waals surface area contributed by atoms with E-state index in [4.69, 9.17) is 0 Å². The minimum atomic E-state index is -4.57. The van der Waals surface area contributed by atoms with Crippen molar-refractivity contribution in [3.63, 3.8) is 0 Å². The Morgan fingerprint density at radius 3 is 2.28 bits per heavy atom. The van der Waals surface area contributed by atoms with Gasteiger partial charge in [-0.05, 0) is 69.3 Å². The third-order valence-corrected chi connectivity index (χ3v) is 4.99. The largest absolute Gasteiger partial charge is 0.416 e. The van der Waals surface area contributed by atoms with Gasteiger partial charge in [0.05, 0.1) is 17.1 Å². The lowest BCUT2D eigenvalue weighted by Crippen LogP contribution is -2.45. The fourth-order valence-electron chi connectivity index (χ4n) is 3.25. The van der Waals surface area contributed by atoms with Gasteiger partial charge in [0, 0.05) is 0 Å². The Labute approximate surface area is 144 Å². The van der Waals surface area contributed by atoms with E-state index in [2.05, 4.69) is 10.6 Å². The van der Waals surface area contributed by atoms with Crippen LogP contribution in [0.15, 0.2) is 18.2 Å². The minimum absolute atomic E-state index is 0.0307. The first-order valence-corrected chi connectivity index (χ1v) is 8.49.